The third-order valence-electron chi connectivity index (χ3n) is 5.42. The molecule has 3 heterocycles. The molecule has 0 spiro atoms. The van der Waals surface area contributed by atoms with Crippen molar-refractivity contribution in [2.24, 2.45) is 0 Å². The number of ether oxygens (including phenoxy) is 1. The van der Waals surface area contributed by atoms with Gasteiger partial charge in [0.15, 0.2) is 0 Å². The summed E-state index contributed by atoms with van der Waals surface area (Å²) >= 11 is 0. The van der Waals surface area contributed by atoms with Gasteiger partial charge in [-0.15, -0.1) is 0 Å². The van der Waals surface area contributed by atoms with E-state index >= 15 is 0 Å². The first-order valence-corrected chi connectivity index (χ1v) is 10.7. The van der Waals surface area contributed by atoms with Gasteiger partial charge in [-0.3, -0.25) is 14.9 Å². The highest BCUT2D eigenvalue weighted by molar-refractivity contribution is 5.70. The predicted molar refractivity (Wildman–Crippen MR) is 120 cm³/mol. The number of piperazine rings is 1. The molecule has 31 heavy (non-hydrogen) atoms. The Balaban J connectivity index is 1.26. The van der Waals surface area contributed by atoms with Crippen molar-refractivity contribution >= 4 is 6.09 Å². The molecule has 0 bridgehead atoms. The van der Waals surface area contributed by atoms with E-state index in [1.54, 1.807) is 4.90 Å². The summed E-state index contributed by atoms with van der Waals surface area (Å²) < 4.78 is 5.59. The number of hydrogen-bond donors (Lipinski definition) is 0. The Labute approximate surface area is 183 Å². The Bertz CT molecular complexity index is 1030. The molecule has 160 valence electrons. The maximum Gasteiger partial charge on any atom is 0.415 e. The van der Waals surface area contributed by atoms with E-state index < -0.39 is 0 Å². The third-order valence-corrected chi connectivity index (χ3v) is 5.42. The van der Waals surface area contributed by atoms with Crippen LogP contribution in [-0.4, -0.2) is 52.0 Å². The van der Waals surface area contributed by atoms with E-state index in [0.29, 0.717) is 18.8 Å². The molecule has 6 heteroatoms. The zero-order valence-corrected chi connectivity index (χ0v) is 18.1. The fourth-order valence-electron chi connectivity index (χ4n) is 3.75. The van der Waals surface area contributed by atoms with Crippen LogP contribution in [0.1, 0.15) is 28.3 Å². The van der Waals surface area contributed by atoms with Crippen LogP contribution in [0, 0.1) is 13.8 Å². The van der Waals surface area contributed by atoms with Gasteiger partial charge in [0.25, 0.3) is 0 Å². The molecule has 1 aliphatic rings. The summed E-state index contributed by atoms with van der Waals surface area (Å²) in [4.78, 5) is 25.7. The van der Waals surface area contributed by atoms with Crippen LogP contribution < -0.4 is 4.74 Å². The summed E-state index contributed by atoms with van der Waals surface area (Å²) in [5.74, 6) is 0.567. The lowest BCUT2D eigenvalue weighted by atomic mass is 10.1. The molecule has 0 N–H and O–H groups in total. The second-order valence-electron chi connectivity index (χ2n) is 7.99. The van der Waals surface area contributed by atoms with Gasteiger partial charge < -0.3 is 9.64 Å². The van der Waals surface area contributed by atoms with Crippen molar-refractivity contribution in [2.75, 3.05) is 26.2 Å². The van der Waals surface area contributed by atoms with Gasteiger partial charge in [-0.25, -0.2) is 4.79 Å². The average molecular weight is 417 g/mol. The number of aromatic nitrogens is 2. The molecule has 0 saturated carbocycles. The Morgan fingerprint density at radius 1 is 0.839 bits per heavy atom. The largest absolute Gasteiger partial charge is 0.415 e. The summed E-state index contributed by atoms with van der Waals surface area (Å²) in [6, 6.07) is 19.8. The zero-order valence-electron chi connectivity index (χ0n) is 18.1. The minimum Gasteiger partial charge on any atom is -0.410 e. The first kappa shape index (κ1) is 21.0. The van der Waals surface area contributed by atoms with Gasteiger partial charge in [0.1, 0.15) is 5.75 Å². The maximum atomic E-state index is 12.6. The summed E-state index contributed by atoms with van der Waals surface area (Å²) in [6.45, 7) is 7.74. The Hall–Kier alpha value is -3.25. The fourth-order valence-corrected chi connectivity index (χ4v) is 3.75. The molecule has 1 saturated heterocycles. The number of nitrogens with zero attached hydrogens (tertiary/aromatic N) is 4. The van der Waals surface area contributed by atoms with Gasteiger partial charge in [0.05, 0.1) is 5.69 Å². The van der Waals surface area contributed by atoms with Crippen molar-refractivity contribution in [1.29, 1.82) is 0 Å². The number of hydrogen-bond acceptors (Lipinski definition) is 5. The van der Waals surface area contributed by atoms with Gasteiger partial charge in [0.2, 0.25) is 0 Å². The fraction of sp³-hybridized carbons (Fsp3) is 0.320. The second kappa shape index (κ2) is 9.71. The van der Waals surface area contributed by atoms with E-state index in [1.165, 1.54) is 0 Å². The van der Waals surface area contributed by atoms with Crippen molar-refractivity contribution in [3.05, 3.63) is 89.0 Å². The normalized spacial score (nSPS) is 14.5. The smallest absolute Gasteiger partial charge is 0.410 e. The van der Waals surface area contributed by atoms with Crippen LogP contribution in [-0.2, 0) is 13.0 Å². The van der Waals surface area contributed by atoms with Crippen LogP contribution in [0.15, 0.2) is 60.7 Å². The van der Waals surface area contributed by atoms with Crippen LogP contribution >= 0.6 is 0 Å². The van der Waals surface area contributed by atoms with E-state index in [-0.39, 0.29) is 6.09 Å². The van der Waals surface area contributed by atoms with E-state index in [9.17, 15) is 4.79 Å². The molecule has 1 fully saturated rings. The number of carbonyl (C=O) groups excluding carboxylic acids is 1. The van der Waals surface area contributed by atoms with Gasteiger partial charge in [-0.1, -0.05) is 24.3 Å². The molecule has 0 unspecified atom stereocenters. The molecular weight excluding hydrogens is 388 g/mol. The molecule has 0 aliphatic carbocycles. The maximum absolute atomic E-state index is 12.6. The number of carbonyl (C=O) groups is 1. The highest BCUT2D eigenvalue weighted by atomic mass is 16.6. The highest BCUT2D eigenvalue weighted by Crippen LogP contribution is 2.17. The summed E-state index contributed by atoms with van der Waals surface area (Å²) in [5, 5.41) is 0. The lowest BCUT2D eigenvalue weighted by molar-refractivity contribution is 0.107. The monoisotopic (exact) mass is 416 g/mol. The predicted octanol–water partition coefficient (Wildman–Crippen LogP) is 4.00. The Kier molecular flexibility index (Phi) is 6.57. The van der Waals surface area contributed by atoms with Gasteiger partial charge >= 0.3 is 6.09 Å². The molecule has 1 aliphatic heterocycles. The summed E-state index contributed by atoms with van der Waals surface area (Å²) in [5.41, 5.74) is 5.27. The quantitative estimate of drug-likeness (QED) is 0.629. The van der Waals surface area contributed by atoms with E-state index in [2.05, 4.69) is 14.9 Å². The summed E-state index contributed by atoms with van der Waals surface area (Å²) in [6.07, 6.45) is 0.467. The standard InChI is InChI=1S/C25H28N4O2/c1-19-5-3-7-22(26-19)17-21-9-11-24(12-10-21)31-25(30)29-15-13-28(14-16-29)18-23-8-4-6-20(2)27-23/h3-12H,13-18H2,1-2H3. The first-order chi connectivity index (χ1) is 15.0. The molecule has 3 aromatic rings. The Morgan fingerprint density at radius 2 is 1.45 bits per heavy atom. The van der Waals surface area contributed by atoms with Crippen molar-refractivity contribution in [1.82, 2.24) is 19.8 Å². The Morgan fingerprint density at radius 3 is 2.10 bits per heavy atom. The van der Waals surface area contributed by atoms with Crippen LogP contribution in [0.2, 0.25) is 0 Å². The van der Waals surface area contributed by atoms with Crippen LogP contribution in [0.3, 0.4) is 0 Å². The molecule has 2 aromatic heterocycles. The topological polar surface area (TPSA) is 58.6 Å². The van der Waals surface area contributed by atoms with E-state index in [1.807, 2.05) is 74.5 Å². The van der Waals surface area contributed by atoms with E-state index in [4.69, 9.17) is 4.74 Å². The minimum atomic E-state index is -0.290. The summed E-state index contributed by atoms with van der Waals surface area (Å²) in [7, 11) is 0. The van der Waals surface area contributed by atoms with Crippen LogP contribution in [0.5, 0.6) is 5.75 Å². The van der Waals surface area contributed by atoms with Gasteiger partial charge in [-0.05, 0) is 55.8 Å². The second-order valence-corrected chi connectivity index (χ2v) is 7.99. The minimum absolute atomic E-state index is 0.290. The molecule has 0 atom stereocenters. The number of aryl methyl sites for hydroxylation is 2. The number of pyridine rings is 2. The molecular formula is C25H28N4O2. The molecule has 1 aromatic carbocycles. The molecule has 4 rings (SSSR count). The van der Waals surface area contributed by atoms with E-state index in [0.717, 1.165) is 54.4 Å². The number of amides is 1. The number of benzene rings is 1. The highest BCUT2D eigenvalue weighted by Gasteiger charge is 2.23. The molecule has 6 nitrogen and oxygen atoms in total. The molecule has 1 amide bonds. The van der Waals surface area contributed by atoms with Crippen molar-refractivity contribution in [3.63, 3.8) is 0 Å². The zero-order chi connectivity index (χ0) is 21.6. The third kappa shape index (κ3) is 5.89. The first-order valence-electron chi connectivity index (χ1n) is 10.7. The van der Waals surface area contributed by atoms with Crippen molar-refractivity contribution in [3.8, 4) is 5.75 Å². The van der Waals surface area contributed by atoms with Crippen molar-refractivity contribution < 1.29 is 9.53 Å². The SMILES string of the molecule is Cc1cccc(Cc2ccc(OC(=O)N3CCN(Cc4cccc(C)n4)CC3)cc2)n1. The van der Waals surface area contributed by atoms with Crippen LogP contribution in [0.25, 0.3) is 0 Å². The lowest BCUT2D eigenvalue weighted by Crippen LogP contribution is -2.49. The molecule has 0 radical (unpaired) electrons. The number of rotatable bonds is 5. The van der Waals surface area contributed by atoms with Gasteiger partial charge in [-0.2, -0.15) is 0 Å². The van der Waals surface area contributed by atoms with Crippen LogP contribution in [0.4, 0.5) is 4.79 Å². The van der Waals surface area contributed by atoms with Crippen molar-refractivity contribution in [2.45, 2.75) is 26.8 Å². The van der Waals surface area contributed by atoms with Gasteiger partial charge in [0, 0.05) is 56.2 Å². The lowest BCUT2D eigenvalue weighted by Gasteiger charge is -2.33. The average Bonchev–Trinajstić information content (AvgIpc) is 2.76.